The third kappa shape index (κ3) is 4.85. The van der Waals surface area contributed by atoms with Crippen molar-refractivity contribution in [2.45, 2.75) is 32.0 Å². The highest BCUT2D eigenvalue weighted by Gasteiger charge is 2.20. The van der Waals surface area contributed by atoms with Crippen LogP contribution >= 0.6 is 34.4 Å². The molecule has 0 saturated carbocycles. The molecule has 0 aliphatic rings. The van der Waals surface area contributed by atoms with E-state index in [-0.39, 0.29) is 17.2 Å². The second kappa shape index (κ2) is 10.1. The average molecular weight is 500 g/mol. The number of nitrogens with zero attached hydrogens (tertiary/aromatic N) is 3. The van der Waals surface area contributed by atoms with Crippen molar-refractivity contribution in [2.24, 2.45) is 0 Å². The number of thiophene rings is 2. The minimum absolute atomic E-state index is 0.0191. The van der Waals surface area contributed by atoms with Gasteiger partial charge in [0.25, 0.3) is 5.56 Å². The number of rotatable bonds is 8. The smallest absolute Gasteiger partial charge is 0.267 e. The number of benzene rings is 1. The maximum Gasteiger partial charge on any atom is 0.267 e. The summed E-state index contributed by atoms with van der Waals surface area (Å²) in [7, 11) is 3.39. The zero-order valence-electron chi connectivity index (χ0n) is 19.0. The van der Waals surface area contributed by atoms with E-state index in [4.69, 9.17) is 9.72 Å². The molecular formula is C24H25N3O3S3. The van der Waals surface area contributed by atoms with Gasteiger partial charge < -0.3 is 9.64 Å². The topological polar surface area (TPSA) is 64.4 Å². The molecule has 0 N–H and O–H groups in total. The molecule has 0 radical (unpaired) electrons. The van der Waals surface area contributed by atoms with Crippen LogP contribution in [0.4, 0.5) is 0 Å². The van der Waals surface area contributed by atoms with Crippen LogP contribution in [-0.2, 0) is 17.8 Å². The second-order valence-electron chi connectivity index (χ2n) is 7.59. The lowest BCUT2D eigenvalue weighted by Gasteiger charge is -2.17. The Kier molecular flexibility index (Phi) is 7.21. The molecule has 172 valence electrons. The van der Waals surface area contributed by atoms with Gasteiger partial charge in [-0.1, -0.05) is 24.8 Å². The molecule has 33 heavy (non-hydrogen) atoms. The first-order valence-corrected chi connectivity index (χ1v) is 13.2. The van der Waals surface area contributed by atoms with Gasteiger partial charge in [-0.3, -0.25) is 14.2 Å². The molecule has 0 fully saturated rings. The van der Waals surface area contributed by atoms with Crippen molar-refractivity contribution in [2.75, 3.05) is 19.9 Å². The van der Waals surface area contributed by atoms with Gasteiger partial charge in [0.2, 0.25) is 5.91 Å². The van der Waals surface area contributed by atoms with Crippen LogP contribution in [0.15, 0.2) is 51.0 Å². The highest BCUT2D eigenvalue weighted by molar-refractivity contribution is 7.99. The molecule has 0 unspecified atom stereocenters. The number of carbonyl (C=O) groups excluding carboxylic acids is 1. The van der Waals surface area contributed by atoms with Crippen molar-refractivity contribution < 1.29 is 9.53 Å². The number of carbonyl (C=O) groups is 1. The minimum atomic E-state index is -0.122. The normalized spacial score (nSPS) is 11.2. The van der Waals surface area contributed by atoms with Gasteiger partial charge in [0.1, 0.15) is 10.6 Å². The molecule has 6 nitrogen and oxygen atoms in total. The lowest BCUT2D eigenvalue weighted by atomic mass is 10.2. The zero-order valence-corrected chi connectivity index (χ0v) is 21.4. The highest BCUT2D eigenvalue weighted by atomic mass is 32.2. The maximum absolute atomic E-state index is 13.7. The summed E-state index contributed by atoms with van der Waals surface area (Å²) in [6.07, 6.45) is 0.847. The van der Waals surface area contributed by atoms with Crippen molar-refractivity contribution in [3.05, 3.63) is 67.4 Å². The monoisotopic (exact) mass is 499 g/mol. The van der Waals surface area contributed by atoms with E-state index in [9.17, 15) is 9.59 Å². The summed E-state index contributed by atoms with van der Waals surface area (Å²) in [6.45, 7) is 4.62. The Morgan fingerprint density at radius 1 is 1.30 bits per heavy atom. The molecule has 0 aliphatic carbocycles. The van der Waals surface area contributed by atoms with Crippen LogP contribution in [0.25, 0.3) is 15.9 Å². The number of thioether (sulfide) groups is 1. The standard InChI is InChI=1S/C24H25N3O3S3/c1-5-19-15(2)21-22(33-19)25-24(27(23(21)29)17-7-6-8-18(11-17)30-4)32-14-20(28)26(3)12-16-9-10-31-13-16/h6-11,13H,5,12,14H2,1-4H3. The number of hydrogen-bond donors (Lipinski definition) is 0. The molecule has 0 saturated heterocycles. The SMILES string of the molecule is CCc1sc2nc(SCC(=O)N(C)Cc3ccsc3)n(-c3cccc(OC)c3)c(=O)c2c1C. The highest BCUT2D eigenvalue weighted by Crippen LogP contribution is 2.31. The van der Waals surface area contributed by atoms with E-state index < -0.39 is 0 Å². The fourth-order valence-corrected chi connectivity index (χ4v) is 6.37. The van der Waals surface area contributed by atoms with Crippen molar-refractivity contribution in [3.8, 4) is 11.4 Å². The Hall–Kier alpha value is -2.62. The number of ether oxygens (including phenoxy) is 1. The molecule has 0 bridgehead atoms. The van der Waals surface area contributed by atoms with Gasteiger partial charge in [-0.25, -0.2) is 4.98 Å². The molecule has 4 rings (SSSR count). The van der Waals surface area contributed by atoms with Crippen LogP contribution in [0.2, 0.25) is 0 Å². The second-order valence-corrected chi connectivity index (χ2v) is 10.4. The van der Waals surface area contributed by atoms with Crippen molar-refractivity contribution in [1.82, 2.24) is 14.5 Å². The summed E-state index contributed by atoms with van der Waals surface area (Å²) in [6, 6.07) is 9.36. The van der Waals surface area contributed by atoms with E-state index in [1.165, 1.54) is 11.8 Å². The first kappa shape index (κ1) is 23.5. The van der Waals surface area contributed by atoms with E-state index in [0.717, 1.165) is 27.3 Å². The first-order chi connectivity index (χ1) is 15.9. The maximum atomic E-state index is 13.7. The number of aromatic nitrogens is 2. The molecule has 9 heteroatoms. The van der Waals surface area contributed by atoms with Gasteiger partial charge in [-0.05, 0) is 53.4 Å². The largest absolute Gasteiger partial charge is 0.497 e. The summed E-state index contributed by atoms with van der Waals surface area (Å²) in [4.78, 5) is 34.9. The van der Waals surface area contributed by atoms with Crippen molar-refractivity contribution in [3.63, 3.8) is 0 Å². The molecule has 0 atom stereocenters. The third-order valence-electron chi connectivity index (χ3n) is 5.42. The number of methoxy groups -OCH3 is 1. The van der Waals surface area contributed by atoms with Crippen LogP contribution in [0, 0.1) is 6.92 Å². The van der Waals surface area contributed by atoms with Crippen LogP contribution in [0.1, 0.15) is 22.9 Å². The molecule has 0 aliphatic heterocycles. The summed E-state index contributed by atoms with van der Waals surface area (Å²) < 4.78 is 6.97. The van der Waals surface area contributed by atoms with Crippen molar-refractivity contribution >= 4 is 50.6 Å². The average Bonchev–Trinajstić information content (AvgIpc) is 3.44. The Morgan fingerprint density at radius 3 is 2.82 bits per heavy atom. The summed E-state index contributed by atoms with van der Waals surface area (Å²) in [5, 5.41) is 5.19. The number of amides is 1. The zero-order chi connectivity index (χ0) is 23.5. The fourth-order valence-electron chi connectivity index (χ4n) is 3.60. The van der Waals surface area contributed by atoms with Gasteiger partial charge in [0.15, 0.2) is 5.16 Å². The first-order valence-electron chi connectivity index (χ1n) is 10.5. The van der Waals surface area contributed by atoms with Gasteiger partial charge in [0, 0.05) is 24.5 Å². The van der Waals surface area contributed by atoms with Crippen LogP contribution < -0.4 is 10.3 Å². The van der Waals surface area contributed by atoms with Crippen LogP contribution in [0.3, 0.4) is 0 Å². The summed E-state index contributed by atoms with van der Waals surface area (Å²) >= 11 is 4.45. The molecule has 4 aromatic rings. The van der Waals surface area contributed by atoms with Gasteiger partial charge in [-0.2, -0.15) is 11.3 Å². The van der Waals surface area contributed by atoms with Crippen LogP contribution in [0.5, 0.6) is 5.75 Å². The van der Waals surface area contributed by atoms with Crippen LogP contribution in [-0.4, -0.2) is 40.3 Å². The molecule has 1 amide bonds. The number of hydrogen-bond acceptors (Lipinski definition) is 7. The van der Waals surface area contributed by atoms with E-state index >= 15 is 0 Å². The summed E-state index contributed by atoms with van der Waals surface area (Å²) in [5.41, 5.74) is 2.63. The van der Waals surface area contributed by atoms with E-state index in [2.05, 4.69) is 6.92 Å². The molecule has 1 aromatic carbocycles. The van der Waals surface area contributed by atoms with E-state index in [1.54, 1.807) is 46.3 Å². The lowest BCUT2D eigenvalue weighted by molar-refractivity contribution is -0.127. The fraction of sp³-hybridized carbons (Fsp3) is 0.292. The molecule has 3 aromatic heterocycles. The molecular weight excluding hydrogens is 474 g/mol. The lowest BCUT2D eigenvalue weighted by Crippen LogP contribution is -2.28. The Balaban J connectivity index is 1.72. The predicted molar refractivity (Wildman–Crippen MR) is 137 cm³/mol. The quantitative estimate of drug-likeness (QED) is 0.248. The third-order valence-corrected chi connectivity index (χ3v) is 8.40. The van der Waals surface area contributed by atoms with Gasteiger partial charge in [-0.15, -0.1) is 11.3 Å². The molecule has 0 spiro atoms. The summed E-state index contributed by atoms with van der Waals surface area (Å²) in [5.74, 6) is 0.820. The number of fused-ring (bicyclic) bond motifs is 1. The van der Waals surface area contributed by atoms with E-state index in [1.807, 2.05) is 48.0 Å². The predicted octanol–water partition coefficient (Wildman–Crippen LogP) is 5.14. The minimum Gasteiger partial charge on any atom is -0.497 e. The Labute approximate surface area is 204 Å². The van der Waals surface area contributed by atoms with E-state index in [0.29, 0.717) is 28.5 Å². The Morgan fingerprint density at radius 2 is 2.12 bits per heavy atom. The van der Waals surface area contributed by atoms with Gasteiger partial charge in [0.05, 0.1) is 23.9 Å². The number of aryl methyl sites for hydroxylation is 2. The van der Waals surface area contributed by atoms with Gasteiger partial charge >= 0.3 is 0 Å². The molecule has 3 heterocycles. The van der Waals surface area contributed by atoms with Crippen molar-refractivity contribution in [1.29, 1.82) is 0 Å². The Bertz CT molecular complexity index is 1340.